The van der Waals surface area contributed by atoms with E-state index in [4.69, 9.17) is 20.6 Å². The minimum absolute atomic E-state index is 0.00157. The SMILES string of the molecule is Cc1cc(N2CC3(CCC3c3cccc(F)c3)C2)cn2nc(C34CC(CO3)C4N)nc12. The smallest absolute Gasteiger partial charge is 0.185 e. The minimum Gasteiger partial charge on any atom is -0.369 e. The number of pyridine rings is 1. The highest BCUT2D eigenvalue weighted by Crippen LogP contribution is 2.59. The predicted octanol–water partition coefficient (Wildman–Crippen LogP) is 3.13. The summed E-state index contributed by atoms with van der Waals surface area (Å²) in [6, 6.07) is 9.34. The number of benzene rings is 1. The van der Waals surface area contributed by atoms with Gasteiger partial charge in [0.25, 0.3) is 0 Å². The quantitative estimate of drug-likeness (QED) is 0.706. The fourth-order valence-electron chi connectivity index (χ4n) is 6.45. The first-order valence-corrected chi connectivity index (χ1v) is 11.2. The third kappa shape index (κ3) is 2.28. The van der Waals surface area contributed by atoms with Crippen molar-refractivity contribution in [2.75, 3.05) is 24.6 Å². The second kappa shape index (κ2) is 5.84. The summed E-state index contributed by atoms with van der Waals surface area (Å²) in [5.41, 5.74) is 10.4. The number of nitrogens with two attached hydrogens (primary N) is 1. The van der Waals surface area contributed by atoms with Crippen LogP contribution in [0.4, 0.5) is 10.1 Å². The number of hydrogen-bond donors (Lipinski definition) is 1. The molecule has 5 fully saturated rings. The third-order valence-electron chi connectivity index (χ3n) is 8.45. The van der Waals surface area contributed by atoms with E-state index >= 15 is 0 Å². The lowest BCUT2D eigenvalue weighted by molar-refractivity contribution is -0.0287. The maximum atomic E-state index is 13.7. The van der Waals surface area contributed by atoms with Gasteiger partial charge in [-0.2, -0.15) is 0 Å². The van der Waals surface area contributed by atoms with Crippen molar-refractivity contribution in [2.45, 2.75) is 43.7 Å². The number of rotatable bonds is 3. The molecule has 5 aliphatic rings. The molecular formula is C24H26FN5O. The van der Waals surface area contributed by atoms with Gasteiger partial charge in [-0.3, -0.25) is 0 Å². The van der Waals surface area contributed by atoms with Crippen LogP contribution in [-0.2, 0) is 10.3 Å². The molecule has 1 spiro atoms. The van der Waals surface area contributed by atoms with Crippen LogP contribution < -0.4 is 10.6 Å². The molecule has 3 aromatic rings. The first-order chi connectivity index (χ1) is 15.0. The summed E-state index contributed by atoms with van der Waals surface area (Å²) in [7, 11) is 0. The van der Waals surface area contributed by atoms with Crippen molar-refractivity contribution in [2.24, 2.45) is 17.1 Å². The number of ether oxygens (including phenoxy) is 1. The predicted molar refractivity (Wildman–Crippen MR) is 114 cm³/mol. The highest BCUT2D eigenvalue weighted by atomic mass is 19.1. The second-order valence-electron chi connectivity index (χ2n) is 10.1. The van der Waals surface area contributed by atoms with Gasteiger partial charge < -0.3 is 15.4 Å². The molecule has 2 aliphatic carbocycles. The maximum absolute atomic E-state index is 13.7. The molecule has 3 saturated heterocycles. The van der Waals surface area contributed by atoms with Gasteiger partial charge >= 0.3 is 0 Å². The van der Waals surface area contributed by atoms with Gasteiger partial charge in [0.05, 0.1) is 18.5 Å². The molecule has 8 rings (SSSR count). The van der Waals surface area contributed by atoms with Crippen LogP contribution in [0.3, 0.4) is 0 Å². The van der Waals surface area contributed by atoms with Crippen LogP contribution in [-0.4, -0.2) is 40.3 Å². The van der Waals surface area contributed by atoms with Gasteiger partial charge in [0.1, 0.15) is 11.4 Å². The highest BCUT2D eigenvalue weighted by molar-refractivity contribution is 5.59. The van der Waals surface area contributed by atoms with Crippen molar-refractivity contribution in [1.82, 2.24) is 14.6 Å². The van der Waals surface area contributed by atoms with Crippen LogP contribution >= 0.6 is 0 Å². The van der Waals surface area contributed by atoms with E-state index in [0.29, 0.717) is 18.4 Å². The molecule has 0 amide bonds. The van der Waals surface area contributed by atoms with Crippen LogP contribution in [0.5, 0.6) is 0 Å². The first kappa shape index (κ1) is 18.1. The molecule has 5 heterocycles. The lowest BCUT2D eigenvalue weighted by atomic mass is 9.53. The Morgan fingerprint density at radius 2 is 2.13 bits per heavy atom. The van der Waals surface area contributed by atoms with Crippen LogP contribution in [0.15, 0.2) is 36.5 Å². The molecule has 4 unspecified atom stereocenters. The molecule has 7 heteroatoms. The number of halogens is 1. The molecule has 2 N–H and O–H groups in total. The Morgan fingerprint density at radius 3 is 2.81 bits per heavy atom. The molecule has 1 aromatic carbocycles. The van der Waals surface area contributed by atoms with E-state index in [1.54, 1.807) is 6.07 Å². The van der Waals surface area contributed by atoms with Crippen molar-refractivity contribution >= 4 is 11.3 Å². The van der Waals surface area contributed by atoms with E-state index < -0.39 is 5.60 Å². The molecular weight excluding hydrogens is 393 g/mol. The van der Waals surface area contributed by atoms with E-state index in [1.165, 1.54) is 12.5 Å². The summed E-state index contributed by atoms with van der Waals surface area (Å²) in [5, 5.41) is 4.79. The van der Waals surface area contributed by atoms with Crippen LogP contribution in [0.25, 0.3) is 5.65 Å². The van der Waals surface area contributed by atoms with Crippen LogP contribution in [0.2, 0.25) is 0 Å². The number of fused-ring (bicyclic) bond motifs is 2. The fraction of sp³-hybridized carbons (Fsp3) is 0.500. The van der Waals surface area contributed by atoms with Gasteiger partial charge in [-0.05, 0) is 61.4 Å². The topological polar surface area (TPSA) is 68.7 Å². The van der Waals surface area contributed by atoms with Gasteiger partial charge in [-0.15, -0.1) is 5.10 Å². The number of aromatic nitrogens is 3. The summed E-state index contributed by atoms with van der Waals surface area (Å²) >= 11 is 0. The normalized spacial score (nSPS) is 32.7. The zero-order valence-corrected chi connectivity index (χ0v) is 17.6. The summed E-state index contributed by atoms with van der Waals surface area (Å²) in [6.07, 6.45) is 5.35. The highest BCUT2D eigenvalue weighted by Gasteiger charge is 2.62. The lowest BCUT2D eigenvalue weighted by Gasteiger charge is -2.61. The Balaban J connectivity index is 1.16. The first-order valence-electron chi connectivity index (χ1n) is 11.2. The molecule has 4 atom stereocenters. The summed E-state index contributed by atoms with van der Waals surface area (Å²) in [4.78, 5) is 7.22. The molecule has 2 saturated carbocycles. The van der Waals surface area contributed by atoms with Gasteiger partial charge in [0.2, 0.25) is 0 Å². The fourth-order valence-corrected chi connectivity index (χ4v) is 6.45. The molecule has 2 bridgehead atoms. The maximum Gasteiger partial charge on any atom is 0.185 e. The Bertz CT molecular complexity index is 1210. The van der Waals surface area contributed by atoms with Crippen molar-refractivity contribution in [1.29, 1.82) is 0 Å². The number of anilines is 1. The third-order valence-corrected chi connectivity index (χ3v) is 8.45. The largest absolute Gasteiger partial charge is 0.369 e. The zero-order chi connectivity index (χ0) is 21.0. The zero-order valence-electron chi connectivity index (χ0n) is 17.6. The average Bonchev–Trinajstić information content (AvgIpc) is 3.39. The van der Waals surface area contributed by atoms with Crippen molar-refractivity contribution < 1.29 is 9.13 Å². The van der Waals surface area contributed by atoms with E-state index in [9.17, 15) is 4.39 Å². The second-order valence-corrected chi connectivity index (χ2v) is 10.1. The Hall–Kier alpha value is -2.51. The summed E-state index contributed by atoms with van der Waals surface area (Å²) in [5.74, 6) is 1.48. The van der Waals surface area contributed by atoms with Crippen molar-refractivity contribution in [3.63, 3.8) is 0 Å². The average molecular weight is 420 g/mol. The van der Waals surface area contributed by atoms with Gasteiger partial charge in [-0.1, -0.05) is 12.1 Å². The molecule has 160 valence electrons. The Labute approximate surface area is 180 Å². The van der Waals surface area contributed by atoms with Crippen molar-refractivity contribution in [3.8, 4) is 0 Å². The van der Waals surface area contributed by atoms with Gasteiger partial charge in [-0.25, -0.2) is 13.9 Å². The number of hydrogen-bond acceptors (Lipinski definition) is 5. The molecule has 6 nitrogen and oxygen atoms in total. The lowest BCUT2D eigenvalue weighted by Crippen LogP contribution is -2.63. The van der Waals surface area contributed by atoms with Crippen LogP contribution in [0.1, 0.15) is 42.1 Å². The van der Waals surface area contributed by atoms with E-state index in [2.05, 4.69) is 30.2 Å². The van der Waals surface area contributed by atoms with E-state index in [1.807, 2.05) is 10.6 Å². The standard InChI is InChI=1S/C24H26FN5O/c1-14-7-18(10-30-21(14)27-22(28-30)24-9-16(11-31-24)20(24)26)29-12-23(13-29)6-5-19(23)15-3-2-4-17(25)8-15/h2-4,7-8,10,16,19-20H,5-6,9,11-13,26H2,1H3. The molecule has 3 aliphatic heterocycles. The number of nitrogens with zero attached hydrogens (tertiary/aromatic N) is 4. The number of aryl methyl sites for hydroxylation is 1. The molecule has 31 heavy (non-hydrogen) atoms. The minimum atomic E-state index is -0.492. The van der Waals surface area contributed by atoms with E-state index in [-0.39, 0.29) is 17.3 Å². The Kier molecular flexibility index (Phi) is 3.41. The van der Waals surface area contributed by atoms with Crippen LogP contribution in [0, 0.1) is 24.1 Å². The Morgan fingerprint density at radius 1 is 1.26 bits per heavy atom. The van der Waals surface area contributed by atoms with Crippen molar-refractivity contribution in [3.05, 3.63) is 59.3 Å². The van der Waals surface area contributed by atoms with Gasteiger partial charge in [0, 0.05) is 30.5 Å². The van der Waals surface area contributed by atoms with Gasteiger partial charge in [0.15, 0.2) is 11.5 Å². The molecule has 0 radical (unpaired) electrons. The molecule has 2 aromatic heterocycles. The summed E-state index contributed by atoms with van der Waals surface area (Å²) < 4.78 is 21.6. The summed E-state index contributed by atoms with van der Waals surface area (Å²) in [6.45, 7) is 4.80. The van der Waals surface area contributed by atoms with E-state index in [0.717, 1.165) is 54.2 Å². The monoisotopic (exact) mass is 419 g/mol.